The largest absolute Gasteiger partial charge is 0.744 e. The highest BCUT2D eigenvalue weighted by atomic mass is 127. The minimum Gasteiger partial charge on any atom is -0.744 e. The van der Waals surface area contributed by atoms with Crippen LogP contribution >= 0.6 is 45.2 Å². The zero-order chi connectivity index (χ0) is 18.9. The van der Waals surface area contributed by atoms with Crippen molar-refractivity contribution in [3.63, 3.8) is 0 Å². The normalized spacial score (nSPS) is 11.6. The van der Waals surface area contributed by atoms with Crippen LogP contribution in [0.2, 0.25) is 0 Å². The number of carbonyl (C=O) groups is 1. The van der Waals surface area contributed by atoms with E-state index in [1.807, 2.05) is 6.07 Å². The molecule has 0 amide bonds. The van der Waals surface area contributed by atoms with Crippen molar-refractivity contribution in [2.45, 2.75) is 31.6 Å². The fourth-order valence-electron chi connectivity index (χ4n) is 2.29. The van der Waals surface area contributed by atoms with Gasteiger partial charge in [0.2, 0.25) is 0 Å². The number of ether oxygens (including phenoxy) is 1. The van der Waals surface area contributed by atoms with Gasteiger partial charge in [0.1, 0.15) is 15.9 Å². The van der Waals surface area contributed by atoms with Crippen LogP contribution in [0.5, 0.6) is 5.75 Å². The number of hydrogen-bond donors (Lipinski definition) is 0. The molecule has 0 aromatic heterocycles. The second kappa shape index (κ2) is 7.89. The van der Waals surface area contributed by atoms with Crippen LogP contribution in [0, 0.1) is 14.1 Å². The first-order chi connectivity index (χ1) is 11.5. The maximum absolute atomic E-state index is 12.5. The summed E-state index contributed by atoms with van der Waals surface area (Å²) >= 11 is 4.32. The molecule has 0 spiro atoms. The molecule has 0 radical (unpaired) electrons. The smallest absolute Gasteiger partial charge is 0.343 e. The van der Waals surface area contributed by atoms with Crippen LogP contribution < -0.4 is 4.74 Å². The Bertz CT molecular complexity index is 936. The van der Waals surface area contributed by atoms with Crippen molar-refractivity contribution in [3.05, 3.63) is 54.2 Å². The van der Waals surface area contributed by atoms with Gasteiger partial charge in [0.15, 0.2) is 0 Å². The quantitative estimate of drug-likeness (QED) is 0.229. The van der Waals surface area contributed by atoms with Gasteiger partial charge in [-0.2, -0.15) is 0 Å². The summed E-state index contributed by atoms with van der Waals surface area (Å²) in [4.78, 5) is 12.2. The molecule has 0 N–H and O–H groups in total. The Kier molecular flexibility index (Phi) is 6.50. The highest BCUT2D eigenvalue weighted by Crippen LogP contribution is 2.28. The van der Waals surface area contributed by atoms with Crippen molar-refractivity contribution in [3.8, 4) is 5.75 Å². The molecule has 0 atom stereocenters. The van der Waals surface area contributed by atoms with Gasteiger partial charge >= 0.3 is 5.97 Å². The van der Waals surface area contributed by atoms with Crippen molar-refractivity contribution in [1.82, 2.24) is 0 Å². The number of aryl methyl sites for hydroxylation is 1. The SMILES string of the molecule is Cc1cc(S(=O)(=O)[O-])c(C(C)C)cc1C(=O)Oc1ccc(I)c(I)c1. The maximum atomic E-state index is 12.5. The summed E-state index contributed by atoms with van der Waals surface area (Å²) < 4.78 is 41.8. The molecule has 0 unspecified atom stereocenters. The third kappa shape index (κ3) is 4.92. The molecule has 8 heteroatoms. The van der Waals surface area contributed by atoms with Crippen LogP contribution in [0.3, 0.4) is 0 Å². The van der Waals surface area contributed by atoms with Crippen LogP contribution in [0.15, 0.2) is 35.2 Å². The molecule has 0 fully saturated rings. The fraction of sp³-hybridized carbons (Fsp3) is 0.235. The zero-order valence-corrected chi connectivity index (χ0v) is 18.8. The molecule has 0 aliphatic heterocycles. The summed E-state index contributed by atoms with van der Waals surface area (Å²) in [6, 6.07) is 7.95. The number of benzene rings is 2. The van der Waals surface area contributed by atoms with E-state index in [4.69, 9.17) is 4.74 Å². The van der Waals surface area contributed by atoms with Gasteiger partial charge in [0, 0.05) is 7.14 Å². The molecule has 134 valence electrons. The molecule has 0 bridgehead atoms. The van der Waals surface area contributed by atoms with E-state index in [1.165, 1.54) is 12.1 Å². The molecule has 0 aliphatic carbocycles. The minimum absolute atomic E-state index is 0.231. The lowest BCUT2D eigenvalue weighted by Gasteiger charge is -2.18. The summed E-state index contributed by atoms with van der Waals surface area (Å²) in [6.45, 7) is 5.10. The van der Waals surface area contributed by atoms with Crippen LogP contribution in [0.1, 0.15) is 41.3 Å². The third-order valence-electron chi connectivity index (χ3n) is 3.57. The second-order valence-electron chi connectivity index (χ2n) is 5.78. The molecule has 0 saturated carbocycles. The standard InChI is InChI=1S/C17H16I2O5S/c1-9(2)12-8-13(10(3)6-16(12)25(21,22)23)17(20)24-11-4-5-14(18)15(19)7-11/h4-9H,1-3H3,(H,21,22,23)/p-1. The van der Waals surface area contributed by atoms with Crippen molar-refractivity contribution in [2.24, 2.45) is 0 Å². The Morgan fingerprint density at radius 2 is 1.76 bits per heavy atom. The van der Waals surface area contributed by atoms with Crippen LogP contribution in [0.25, 0.3) is 0 Å². The molecular formula is C17H15I2O5S-. The summed E-state index contributed by atoms with van der Waals surface area (Å²) in [7, 11) is -4.62. The van der Waals surface area contributed by atoms with E-state index in [0.29, 0.717) is 16.9 Å². The second-order valence-corrected chi connectivity index (χ2v) is 9.45. The van der Waals surface area contributed by atoms with Gasteiger partial charge in [-0.15, -0.1) is 0 Å². The van der Waals surface area contributed by atoms with Gasteiger partial charge in [-0.3, -0.25) is 0 Å². The fourth-order valence-corrected chi connectivity index (χ4v) is 4.01. The Balaban J connectivity index is 2.46. The molecule has 2 aromatic rings. The van der Waals surface area contributed by atoms with Gasteiger partial charge in [-0.25, -0.2) is 13.2 Å². The van der Waals surface area contributed by atoms with Crippen LogP contribution in [-0.4, -0.2) is 18.9 Å². The molecule has 25 heavy (non-hydrogen) atoms. The first kappa shape index (κ1) is 20.6. The van der Waals surface area contributed by atoms with Crippen LogP contribution in [-0.2, 0) is 10.1 Å². The molecule has 5 nitrogen and oxygen atoms in total. The predicted octanol–water partition coefficient (Wildman–Crippen LogP) is 4.45. The third-order valence-corrected chi connectivity index (χ3v) is 7.33. The van der Waals surface area contributed by atoms with Gasteiger partial charge in [0.25, 0.3) is 0 Å². The molecule has 0 aliphatic rings. The van der Waals surface area contributed by atoms with Crippen molar-refractivity contribution < 1.29 is 22.5 Å². The highest BCUT2D eigenvalue weighted by Gasteiger charge is 2.20. The predicted molar refractivity (Wildman–Crippen MR) is 110 cm³/mol. The summed E-state index contributed by atoms with van der Waals surface area (Å²) in [5.74, 6) is -0.419. The zero-order valence-electron chi connectivity index (χ0n) is 13.7. The van der Waals surface area contributed by atoms with Crippen molar-refractivity contribution in [2.75, 3.05) is 0 Å². The van der Waals surface area contributed by atoms with Gasteiger partial charge < -0.3 is 9.29 Å². The van der Waals surface area contributed by atoms with E-state index in [9.17, 15) is 17.8 Å². The topological polar surface area (TPSA) is 83.5 Å². The van der Waals surface area contributed by atoms with Crippen molar-refractivity contribution in [1.29, 1.82) is 0 Å². The molecule has 0 heterocycles. The van der Waals surface area contributed by atoms with Gasteiger partial charge in [-0.05, 0) is 99.5 Å². The average Bonchev–Trinajstić information content (AvgIpc) is 2.49. The van der Waals surface area contributed by atoms with Crippen molar-refractivity contribution >= 4 is 61.3 Å². The number of esters is 1. The summed E-state index contributed by atoms with van der Waals surface area (Å²) in [5.41, 5.74) is 0.929. The van der Waals surface area contributed by atoms with E-state index in [-0.39, 0.29) is 16.4 Å². The highest BCUT2D eigenvalue weighted by molar-refractivity contribution is 14.1. The average molecular weight is 585 g/mol. The van der Waals surface area contributed by atoms with Gasteiger partial charge in [-0.1, -0.05) is 13.8 Å². The number of hydrogen-bond acceptors (Lipinski definition) is 5. The monoisotopic (exact) mass is 585 g/mol. The summed E-state index contributed by atoms with van der Waals surface area (Å²) in [6.07, 6.45) is 0. The maximum Gasteiger partial charge on any atom is 0.343 e. The van der Waals surface area contributed by atoms with E-state index >= 15 is 0 Å². The minimum atomic E-state index is -4.62. The lowest BCUT2D eigenvalue weighted by molar-refractivity contribution is 0.0733. The first-order valence-corrected chi connectivity index (χ1v) is 10.8. The first-order valence-electron chi connectivity index (χ1n) is 7.28. The Labute approximate surface area is 174 Å². The number of rotatable bonds is 4. The Morgan fingerprint density at radius 1 is 1.12 bits per heavy atom. The Morgan fingerprint density at radius 3 is 2.28 bits per heavy atom. The van der Waals surface area contributed by atoms with Crippen LogP contribution in [0.4, 0.5) is 0 Å². The van der Waals surface area contributed by atoms with E-state index < -0.39 is 16.1 Å². The molecule has 2 aromatic carbocycles. The molecule has 2 rings (SSSR count). The molecule has 0 saturated heterocycles. The van der Waals surface area contributed by atoms with Gasteiger partial charge in [0.05, 0.1) is 10.5 Å². The van der Waals surface area contributed by atoms with E-state index in [2.05, 4.69) is 45.2 Å². The van der Waals surface area contributed by atoms with E-state index in [1.54, 1.807) is 32.9 Å². The number of halogens is 2. The summed E-state index contributed by atoms with van der Waals surface area (Å²) in [5, 5.41) is 0. The lowest BCUT2D eigenvalue weighted by atomic mass is 9.97. The Hall–Kier alpha value is -0.720. The lowest BCUT2D eigenvalue weighted by Crippen LogP contribution is -2.14. The van der Waals surface area contributed by atoms with E-state index in [0.717, 1.165) is 7.14 Å². The number of carbonyl (C=O) groups excluding carboxylic acids is 1. The molecular weight excluding hydrogens is 570 g/mol.